The van der Waals surface area contributed by atoms with Gasteiger partial charge in [-0.2, -0.15) is 0 Å². The van der Waals surface area contributed by atoms with Gasteiger partial charge in [0, 0.05) is 6.42 Å². The Morgan fingerprint density at radius 2 is 0.838 bits per heavy atom. The minimum Gasteiger partial charge on any atom is -0.756 e. The highest BCUT2D eigenvalue weighted by molar-refractivity contribution is 7.45. The van der Waals surface area contributed by atoms with E-state index in [0.717, 1.165) is 70.6 Å². The van der Waals surface area contributed by atoms with Crippen LogP contribution >= 0.6 is 7.82 Å². The van der Waals surface area contributed by atoms with E-state index in [2.05, 4.69) is 92.1 Å². The average molecular weight is 1060 g/mol. The Bertz CT molecular complexity index is 1480. The lowest BCUT2D eigenvalue weighted by atomic mass is 10.0. The van der Waals surface area contributed by atoms with E-state index in [1.54, 1.807) is 6.08 Å². The Kier molecular flexibility index (Phi) is 53.7. The van der Waals surface area contributed by atoms with Crippen LogP contribution in [0.3, 0.4) is 0 Å². The van der Waals surface area contributed by atoms with E-state index in [-0.39, 0.29) is 12.5 Å². The molecule has 0 bridgehead atoms. The Hall–Kier alpha value is -2.32. The third kappa shape index (κ3) is 57.4. The van der Waals surface area contributed by atoms with Crippen molar-refractivity contribution in [3.05, 3.63) is 85.1 Å². The number of hydrogen-bond donors (Lipinski definition) is 2. The van der Waals surface area contributed by atoms with Gasteiger partial charge in [-0.1, -0.05) is 272 Å². The van der Waals surface area contributed by atoms with Gasteiger partial charge in [-0.3, -0.25) is 9.36 Å². The molecule has 0 aliphatic heterocycles. The molecule has 0 radical (unpaired) electrons. The normalized spacial score (nSPS) is 14.4. The number of aliphatic hydroxyl groups excluding tert-OH is 1. The summed E-state index contributed by atoms with van der Waals surface area (Å²) in [6.45, 7) is 4.53. The lowest BCUT2D eigenvalue weighted by molar-refractivity contribution is -0.870. The first kappa shape index (κ1) is 71.7. The predicted octanol–water partition coefficient (Wildman–Crippen LogP) is 18.6. The maximum Gasteiger partial charge on any atom is 0.268 e. The van der Waals surface area contributed by atoms with Gasteiger partial charge in [0.15, 0.2) is 0 Å². The Morgan fingerprint density at radius 1 is 0.486 bits per heavy atom. The highest BCUT2D eigenvalue weighted by atomic mass is 31.2. The summed E-state index contributed by atoms with van der Waals surface area (Å²) >= 11 is 0. The number of carbonyl (C=O) groups excluding carboxylic acids is 1. The zero-order valence-corrected chi connectivity index (χ0v) is 49.9. The summed E-state index contributed by atoms with van der Waals surface area (Å²) in [5.41, 5.74) is 0. The number of carbonyl (C=O) groups is 1. The molecule has 8 nitrogen and oxygen atoms in total. The fourth-order valence-electron chi connectivity index (χ4n) is 8.79. The fraction of sp³-hybridized carbons (Fsp3) is 0.769. The summed E-state index contributed by atoms with van der Waals surface area (Å²) < 4.78 is 23.4. The van der Waals surface area contributed by atoms with E-state index >= 15 is 0 Å². The predicted molar refractivity (Wildman–Crippen MR) is 320 cm³/mol. The standard InChI is InChI=1S/C65H119N2O6P/c1-6-8-10-12-14-16-18-20-22-24-26-28-30-32-33-35-37-39-41-43-45-47-49-51-53-55-57-59-65(69)66-63(62-73-74(70,71)72-61-60-67(3,4)5)64(68)58-56-54-52-50-48-46-44-42-40-38-36-34-31-29-27-25-23-21-19-17-15-13-11-9-7-2/h8,10,14,16,20,22,26,28,32-33,48,50,56,58,63-64,68H,6-7,9,11-13,15,17-19,21,23-25,27,29-31,34-47,49,51-55,57,59-62H2,1-5H3,(H-,66,69,70,71)/b10-8-,16-14-,22-20-,28-26-,33-32-,50-48+,58-56+. The number of nitrogens with zero attached hydrogens (tertiary/aromatic N) is 1. The number of phosphoric ester groups is 1. The maximum absolute atomic E-state index is 13.0. The second-order valence-electron chi connectivity index (χ2n) is 22.0. The minimum atomic E-state index is -4.61. The fourth-order valence-corrected chi connectivity index (χ4v) is 9.51. The topological polar surface area (TPSA) is 108 Å². The van der Waals surface area contributed by atoms with Crippen molar-refractivity contribution in [1.29, 1.82) is 0 Å². The zero-order chi connectivity index (χ0) is 54.2. The van der Waals surface area contributed by atoms with Crippen molar-refractivity contribution in [3.63, 3.8) is 0 Å². The van der Waals surface area contributed by atoms with Gasteiger partial charge in [0.1, 0.15) is 13.2 Å². The molecular formula is C65H119N2O6P. The molecule has 2 N–H and O–H groups in total. The van der Waals surface area contributed by atoms with Gasteiger partial charge >= 0.3 is 0 Å². The molecule has 0 saturated carbocycles. The molecule has 0 fully saturated rings. The van der Waals surface area contributed by atoms with E-state index in [4.69, 9.17) is 9.05 Å². The smallest absolute Gasteiger partial charge is 0.268 e. The summed E-state index contributed by atoms with van der Waals surface area (Å²) in [4.78, 5) is 25.6. The van der Waals surface area contributed by atoms with E-state index in [1.165, 1.54) is 180 Å². The SMILES string of the molecule is CC/C=C\C/C=C\C/C=C\C/C=C\C/C=C\CCCCCCCCCCCCCC(=O)NC(COP(=O)([O-])OCC[N+](C)(C)C)C(O)/C=C/CC/C=C/CCCCCCCCCCCCCCCCCCCCC. The minimum absolute atomic E-state index is 0.0101. The first-order valence-corrected chi connectivity index (χ1v) is 32.4. The van der Waals surface area contributed by atoms with Crippen molar-refractivity contribution in [3.8, 4) is 0 Å². The molecule has 1 amide bonds. The number of rotatable bonds is 56. The molecular weight excluding hydrogens is 936 g/mol. The van der Waals surface area contributed by atoms with Crippen molar-refractivity contribution in [2.45, 2.75) is 283 Å². The summed E-state index contributed by atoms with van der Waals surface area (Å²) in [5.74, 6) is -0.211. The monoisotopic (exact) mass is 1050 g/mol. The number of likely N-dealkylation sites (N-methyl/N-ethyl adjacent to an activating group) is 1. The van der Waals surface area contributed by atoms with Crippen LogP contribution in [0.4, 0.5) is 0 Å². The molecule has 3 atom stereocenters. The molecule has 0 aromatic rings. The number of allylic oxidation sites excluding steroid dienone is 13. The van der Waals surface area contributed by atoms with Gasteiger partial charge in [-0.15, -0.1) is 0 Å². The number of amides is 1. The molecule has 9 heteroatoms. The van der Waals surface area contributed by atoms with Crippen LogP contribution in [-0.4, -0.2) is 68.5 Å². The number of phosphoric acid groups is 1. The molecule has 3 unspecified atom stereocenters. The van der Waals surface area contributed by atoms with Crippen LogP contribution < -0.4 is 10.2 Å². The maximum atomic E-state index is 13.0. The molecule has 0 rings (SSSR count). The lowest BCUT2D eigenvalue weighted by Crippen LogP contribution is -2.45. The van der Waals surface area contributed by atoms with E-state index in [9.17, 15) is 19.4 Å². The first-order valence-electron chi connectivity index (χ1n) is 30.9. The molecule has 0 aliphatic carbocycles. The van der Waals surface area contributed by atoms with Crippen LogP contribution in [0.1, 0.15) is 271 Å². The number of aliphatic hydroxyl groups is 1. The third-order valence-corrected chi connectivity index (χ3v) is 14.6. The summed E-state index contributed by atoms with van der Waals surface area (Å²) in [6, 6.07) is -0.911. The largest absolute Gasteiger partial charge is 0.756 e. The molecule has 0 saturated heterocycles. The molecule has 74 heavy (non-hydrogen) atoms. The van der Waals surface area contributed by atoms with Crippen molar-refractivity contribution in [1.82, 2.24) is 5.32 Å². The first-order chi connectivity index (χ1) is 36.0. The van der Waals surface area contributed by atoms with Crippen LogP contribution in [0.5, 0.6) is 0 Å². The Labute approximate surface area is 458 Å². The molecule has 0 aromatic heterocycles. The summed E-state index contributed by atoms with van der Waals surface area (Å²) in [5, 5.41) is 13.9. The van der Waals surface area contributed by atoms with Crippen LogP contribution in [0.2, 0.25) is 0 Å². The highest BCUT2D eigenvalue weighted by Crippen LogP contribution is 2.38. The third-order valence-electron chi connectivity index (χ3n) is 13.6. The number of nitrogens with one attached hydrogen (secondary N) is 1. The van der Waals surface area contributed by atoms with Gasteiger partial charge in [0.05, 0.1) is 39.9 Å². The molecule has 0 heterocycles. The van der Waals surface area contributed by atoms with Gasteiger partial charge in [0.25, 0.3) is 7.82 Å². The molecule has 430 valence electrons. The number of unbranched alkanes of at least 4 members (excludes halogenated alkanes) is 31. The average Bonchev–Trinajstić information content (AvgIpc) is 3.36. The van der Waals surface area contributed by atoms with E-state index in [0.29, 0.717) is 17.4 Å². The quantitative estimate of drug-likeness (QED) is 0.0272. The molecule has 0 spiro atoms. The van der Waals surface area contributed by atoms with Crippen molar-refractivity contribution in [2.24, 2.45) is 0 Å². The lowest BCUT2D eigenvalue weighted by Gasteiger charge is -2.29. The Balaban J connectivity index is 4.22. The van der Waals surface area contributed by atoms with Crippen molar-refractivity contribution >= 4 is 13.7 Å². The van der Waals surface area contributed by atoms with E-state index < -0.39 is 26.6 Å². The van der Waals surface area contributed by atoms with Crippen LogP contribution in [-0.2, 0) is 18.4 Å². The summed E-state index contributed by atoms with van der Waals surface area (Å²) in [6.07, 6.45) is 78.2. The molecule has 0 aliphatic rings. The number of hydrogen-bond acceptors (Lipinski definition) is 6. The Morgan fingerprint density at radius 3 is 1.26 bits per heavy atom. The molecule has 0 aromatic carbocycles. The highest BCUT2D eigenvalue weighted by Gasteiger charge is 2.23. The van der Waals surface area contributed by atoms with Crippen molar-refractivity contribution < 1.29 is 32.9 Å². The summed E-state index contributed by atoms with van der Waals surface area (Å²) in [7, 11) is 1.24. The van der Waals surface area contributed by atoms with Crippen molar-refractivity contribution in [2.75, 3.05) is 40.9 Å². The zero-order valence-electron chi connectivity index (χ0n) is 49.0. The van der Waals surface area contributed by atoms with Gasteiger partial charge in [0.2, 0.25) is 5.91 Å². The van der Waals surface area contributed by atoms with Crippen LogP contribution in [0, 0.1) is 0 Å². The van der Waals surface area contributed by atoms with Gasteiger partial charge in [-0.05, 0) is 77.0 Å². The second kappa shape index (κ2) is 55.4. The van der Waals surface area contributed by atoms with E-state index in [1.807, 2.05) is 27.2 Å². The van der Waals surface area contributed by atoms with Gasteiger partial charge < -0.3 is 28.8 Å². The van der Waals surface area contributed by atoms with Crippen LogP contribution in [0.25, 0.3) is 0 Å². The van der Waals surface area contributed by atoms with Crippen LogP contribution in [0.15, 0.2) is 85.1 Å². The van der Waals surface area contributed by atoms with Gasteiger partial charge in [-0.25, -0.2) is 0 Å². The second-order valence-corrected chi connectivity index (χ2v) is 23.4. The number of quaternary nitrogens is 1.